The van der Waals surface area contributed by atoms with E-state index < -0.39 is 40.4 Å². The van der Waals surface area contributed by atoms with Gasteiger partial charge in [0.15, 0.2) is 11.6 Å². The highest BCUT2D eigenvalue weighted by atomic mass is 16.7. The van der Waals surface area contributed by atoms with Gasteiger partial charge in [-0.05, 0) is 68.9 Å². The minimum atomic E-state index is -1.71. The Hall–Kier alpha value is -1.83. The van der Waals surface area contributed by atoms with Gasteiger partial charge in [-0.3, -0.25) is 14.4 Å². The lowest BCUT2D eigenvalue weighted by molar-refractivity contribution is -0.332. The smallest absolute Gasteiger partial charge is 0.303 e. The molecule has 4 rings (SSSR count). The van der Waals surface area contributed by atoms with Crippen LogP contribution in [0.4, 0.5) is 0 Å². The Morgan fingerprint density at radius 1 is 1.17 bits per heavy atom. The van der Waals surface area contributed by atoms with Crippen LogP contribution in [0.5, 0.6) is 0 Å². The first-order chi connectivity index (χ1) is 16.7. The molecule has 0 amide bonds. The van der Waals surface area contributed by atoms with Crippen molar-refractivity contribution < 1.29 is 34.1 Å². The number of allylic oxidation sites excluding steroid dienone is 4. The molecule has 0 aromatic heterocycles. The number of hydrogen-bond acceptors (Lipinski definition) is 7. The quantitative estimate of drug-likeness (QED) is 0.527. The standard InChI is InChI=1S/C29H42O7/c1-17(2)7-10-24(32)18(3)29(34)14-13-28(36-29)22-9-8-20-15-21(31)11-12-26(20,5)23(22)16-25(27(28,6)33)35-19(4)30/h11-12,15,17-18,22-23,25,33-34H,7-10,13-14,16H2,1-6H3/t18-,22-,23+,25+,26-,27+,28-,29+/m1/s1. The van der Waals surface area contributed by atoms with E-state index in [9.17, 15) is 24.6 Å². The van der Waals surface area contributed by atoms with Gasteiger partial charge in [-0.15, -0.1) is 0 Å². The van der Waals surface area contributed by atoms with Gasteiger partial charge in [-0.2, -0.15) is 0 Å². The molecule has 36 heavy (non-hydrogen) atoms. The molecule has 7 nitrogen and oxygen atoms in total. The molecule has 0 aromatic carbocycles. The first kappa shape index (κ1) is 27.2. The van der Waals surface area contributed by atoms with Gasteiger partial charge >= 0.3 is 5.97 Å². The Kier molecular flexibility index (Phi) is 6.93. The molecular formula is C29H42O7. The van der Waals surface area contributed by atoms with Crippen LogP contribution in [0.2, 0.25) is 0 Å². The molecule has 1 saturated heterocycles. The van der Waals surface area contributed by atoms with Crippen LogP contribution in [0, 0.1) is 29.1 Å². The van der Waals surface area contributed by atoms with Crippen molar-refractivity contribution in [1.29, 1.82) is 0 Å². The summed E-state index contributed by atoms with van der Waals surface area (Å²) in [5.74, 6) is -2.91. The summed E-state index contributed by atoms with van der Waals surface area (Å²) in [6.07, 6.45) is 7.79. The van der Waals surface area contributed by atoms with Crippen molar-refractivity contribution in [3.8, 4) is 0 Å². The topological polar surface area (TPSA) is 110 Å². The number of aliphatic hydroxyl groups is 2. The molecule has 0 radical (unpaired) electrons. The van der Waals surface area contributed by atoms with Crippen LogP contribution >= 0.6 is 0 Å². The van der Waals surface area contributed by atoms with Crippen LogP contribution < -0.4 is 0 Å². The molecule has 2 saturated carbocycles. The van der Waals surface area contributed by atoms with Crippen molar-refractivity contribution in [2.75, 3.05) is 0 Å². The van der Waals surface area contributed by atoms with Crippen molar-refractivity contribution in [3.63, 3.8) is 0 Å². The number of fused-ring (bicyclic) bond motifs is 4. The molecule has 7 heteroatoms. The molecule has 0 aromatic rings. The van der Waals surface area contributed by atoms with E-state index in [1.165, 1.54) is 6.92 Å². The van der Waals surface area contributed by atoms with Gasteiger partial charge in [0.2, 0.25) is 0 Å². The van der Waals surface area contributed by atoms with Gasteiger partial charge in [-0.1, -0.05) is 39.3 Å². The van der Waals surface area contributed by atoms with Crippen LogP contribution in [-0.4, -0.2) is 50.8 Å². The second-order valence-electron chi connectivity index (χ2n) is 12.4. The second-order valence-corrected chi connectivity index (χ2v) is 12.4. The summed E-state index contributed by atoms with van der Waals surface area (Å²) in [7, 11) is 0. The van der Waals surface area contributed by atoms with Crippen LogP contribution in [0.1, 0.15) is 86.5 Å². The summed E-state index contributed by atoms with van der Waals surface area (Å²) >= 11 is 0. The highest BCUT2D eigenvalue weighted by molar-refractivity contribution is 6.01. The number of hydrogen-bond donors (Lipinski definition) is 2. The van der Waals surface area contributed by atoms with Crippen molar-refractivity contribution in [2.24, 2.45) is 29.1 Å². The van der Waals surface area contributed by atoms with Gasteiger partial charge in [-0.25, -0.2) is 0 Å². The van der Waals surface area contributed by atoms with Crippen LogP contribution in [0.3, 0.4) is 0 Å². The molecule has 4 aliphatic rings. The lowest BCUT2D eigenvalue weighted by Gasteiger charge is -2.62. The molecule has 1 heterocycles. The SMILES string of the molecule is CC(=O)O[C@H]1C[C@H]2[C@@H](CCC3=CC(=O)C=C[C@]32C)[C@]2(CC[C@@](O)([C@H](C)C(=O)CCC(C)C)O2)[C@@]1(C)O. The summed E-state index contributed by atoms with van der Waals surface area (Å²) in [4.78, 5) is 37.2. The minimum absolute atomic E-state index is 0.0322. The number of rotatable bonds is 6. The van der Waals surface area contributed by atoms with Gasteiger partial charge in [0.05, 0.1) is 5.92 Å². The largest absolute Gasteiger partial charge is 0.459 e. The predicted molar refractivity (Wildman–Crippen MR) is 134 cm³/mol. The van der Waals surface area contributed by atoms with Crippen molar-refractivity contribution >= 4 is 17.5 Å². The Bertz CT molecular complexity index is 994. The van der Waals surface area contributed by atoms with E-state index in [0.717, 1.165) is 12.0 Å². The Morgan fingerprint density at radius 2 is 1.86 bits per heavy atom. The number of esters is 1. The third-order valence-electron chi connectivity index (χ3n) is 9.78. The Balaban J connectivity index is 1.73. The zero-order valence-corrected chi connectivity index (χ0v) is 22.5. The van der Waals surface area contributed by atoms with Gasteiger partial charge < -0.3 is 19.7 Å². The molecule has 3 aliphatic carbocycles. The maximum absolute atomic E-state index is 13.0. The summed E-state index contributed by atoms with van der Waals surface area (Å²) in [5.41, 5.74) is -2.19. The molecule has 2 N–H and O–H groups in total. The third-order valence-corrected chi connectivity index (χ3v) is 9.78. The molecule has 200 valence electrons. The number of Topliss-reactive ketones (excluding diaryl/α,β-unsaturated/α-hetero) is 1. The normalized spacial score (nSPS) is 42.6. The number of carbonyl (C=O) groups excluding carboxylic acids is 3. The summed E-state index contributed by atoms with van der Waals surface area (Å²) < 4.78 is 12.3. The Labute approximate surface area is 214 Å². The van der Waals surface area contributed by atoms with Crippen molar-refractivity contribution in [2.45, 2.75) is 110 Å². The van der Waals surface area contributed by atoms with Crippen molar-refractivity contribution in [1.82, 2.24) is 0 Å². The molecule has 3 fully saturated rings. The average molecular weight is 503 g/mol. The monoisotopic (exact) mass is 502 g/mol. The van der Waals surface area contributed by atoms with E-state index in [0.29, 0.717) is 38.0 Å². The first-order valence-electron chi connectivity index (χ1n) is 13.5. The molecule has 0 bridgehead atoms. The lowest BCUT2D eigenvalue weighted by Crippen LogP contribution is -2.71. The molecule has 1 aliphatic heterocycles. The highest BCUT2D eigenvalue weighted by Crippen LogP contribution is 2.65. The summed E-state index contributed by atoms with van der Waals surface area (Å²) in [5, 5.41) is 23.7. The van der Waals surface area contributed by atoms with Gasteiger partial charge in [0.25, 0.3) is 0 Å². The predicted octanol–water partition coefficient (Wildman–Crippen LogP) is 4.05. The number of carbonyl (C=O) groups is 3. The maximum Gasteiger partial charge on any atom is 0.303 e. The molecule has 8 atom stereocenters. The molecule has 0 unspecified atom stereocenters. The lowest BCUT2D eigenvalue weighted by atomic mass is 9.47. The van der Waals surface area contributed by atoms with E-state index in [4.69, 9.17) is 9.47 Å². The summed E-state index contributed by atoms with van der Waals surface area (Å²) in [6.45, 7) is 10.9. The van der Waals surface area contributed by atoms with E-state index in [1.54, 1.807) is 26.0 Å². The third kappa shape index (κ3) is 4.21. The van der Waals surface area contributed by atoms with E-state index in [-0.39, 0.29) is 29.8 Å². The summed E-state index contributed by atoms with van der Waals surface area (Å²) in [6, 6.07) is 0. The van der Waals surface area contributed by atoms with Crippen molar-refractivity contribution in [3.05, 3.63) is 23.8 Å². The van der Waals surface area contributed by atoms with Crippen LogP contribution in [0.25, 0.3) is 0 Å². The van der Waals surface area contributed by atoms with E-state index in [2.05, 4.69) is 20.8 Å². The molecular weight excluding hydrogens is 460 g/mol. The zero-order valence-electron chi connectivity index (χ0n) is 22.5. The molecule has 1 spiro atoms. The minimum Gasteiger partial charge on any atom is -0.459 e. The van der Waals surface area contributed by atoms with Gasteiger partial charge in [0.1, 0.15) is 23.1 Å². The fourth-order valence-corrected chi connectivity index (χ4v) is 7.41. The number of ether oxygens (including phenoxy) is 2. The zero-order chi connectivity index (χ0) is 26.7. The fraction of sp³-hybridized carbons (Fsp3) is 0.759. The highest BCUT2D eigenvalue weighted by Gasteiger charge is 2.71. The average Bonchev–Trinajstić information content (AvgIpc) is 3.16. The van der Waals surface area contributed by atoms with Gasteiger partial charge in [0, 0.05) is 25.2 Å². The fourth-order valence-electron chi connectivity index (χ4n) is 7.41. The second kappa shape index (κ2) is 9.17. The van der Waals surface area contributed by atoms with Crippen LogP contribution in [0.15, 0.2) is 23.8 Å². The van der Waals surface area contributed by atoms with Crippen LogP contribution in [-0.2, 0) is 23.9 Å². The number of ketones is 2. The Morgan fingerprint density at radius 3 is 2.50 bits per heavy atom. The first-order valence-corrected chi connectivity index (χ1v) is 13.5. The van der Waals surface area contributed by atoms with E-state index in [1.807, 2.05) is 6.08 Å². The van der Waals surface area contributed by atoms with E-state index >= 15 is 0 Å². The maximum atomic E-state index is 13.0.